The number of pyridine rings is 1. The molecule has 0 aliphatic rings. The van der Waals surface area contributed by atoms with Crippen molar-refractivity contribution in [2.24, 2.45) is 5.73 Å². The Morgan fingerprint density at radius 3 is 2.61 bits per heavy atom. The highest BCUT2D eigenvalue weighted by molar-refractivity contribution is 5.97. The van der Waals surface area contributed by atoms with E-state index < -0.39 is 0 Å². The van der Waals surface area contributed by atoms with Gasteiger partial charge in [-0.1, -0.05) is 30.3 Å². The van der Waals surface area contributed by atoms with Gasteiger partial charge in [0, 0.05) is 5.69 Å². The zero-order chi connectivity index (χ0) is 13.0. The average molecular weight is 241 g/mol. The minimum absolute atomic E-state index is 0.0365. The quantitative estimate of drug-likeness (QED) is 0.637. The predicted octanol–water partition coefficient (Wildman–Crippen LogP) is 2.25. The number of rotatable bonds is 4. The van der Waals surface area contributed by atoms with Crippen LogP contribution < -0.4 is 10.5 Å². The lowest BCUT2D eigenvalue weighted by atomic mass is 10.2. The largest absolute Gasteiger partial charge is 0.472 e. The van der Waals surface area contributed by atoms with Crippen LogP contribution >= 0.6 is 0 Å². The lowest BCUT2D eigenvalue weighted by Gasteiger charge is -2.10. The summed E-state index contributed by atoms with van der Waals surface area (Å²) in [6.45, 7) is 2.29. The third kappa shape index (κ3) is 2.85. The first kappa shape index (κ1) is 12.1. The van der Waals surface area contributed by atoms with Crippen molar-refractivity contribution in [2.45, 2.75) is 13.5 Å². The van der Waals surface area contributed by atoms with Crippen LogP contribution in [0.1, 0.15) is 16.8 Å². The maximum atomic E-state index is 7.49. The third-order valence-corrected chi connectivity index (χ3v) is 2.51. The van der Waals surface area contributed by atoms with Crippen molar-refractivity contribution in [2.75, 3.05) is 0 Å². The lowest BCUT2D eigenvalue weighted by molar-refractivity contribution is 0.292. The van der Waals surface area contributed by atoms with E-state index in [1.165, 1.54) is 0 Å². The van der Waals surface area contributed by atoms with Crippen molar-refractivity contribution in [3.05, 3.63) is 59.3 Å². The van der Waals surface area contributed by atoms with Crippen LogP contribution in [0.2, 0.25) is 0 Å². The molecule has 0 spiro atoms. The second-order valence-electron chi connectivity index (χ2n) is 3.99. The van der Waals surface area contributed by atoms with E-state index in [2.05, 4.69) is 4.98 Å². The molecule has 0 saturated carbocycles. The van der Waals surface area contributed by atoms with Crippen molar-refractivity contribution in [3.8, 4) is 5.88 Å². The minimum atomic E-state index is -0.0365. The number of ether oxygens (including phenoxy) is 1. The molecule has 3 N–H and O–H groups in total. The first-order valence-electron chi connectivity index (χ1n) is 5.65. The van der Waals surface area contributed by atoms with Crippen LogP contribution in [0.4, 0.5) is 0 Å². The molecule has 92 valence electrons. The summed E-state index contributed by atoms with van der Waals surface area (Å²) in [4.78, 5) is 4.27. The second kappa shape index (κ2) is 5.31. The van der Waals surface area contributed by atoms with Gasteiger partial charge in [0.1, 0.15) is 12.4 Å². The number of amidine groups is 1. The summed E-state index contributed by atoms with van der Waals surface area (Å²) in [5, 5.41) is 7.49. The summed E-state index contributed by atoms with van der Waals surface area (Å²) in [5.41, 5.74) is 7.91. The van der Waals surface area contributed by atoms with Gasteiger partial charge in [-0.25, -0.2) is 4.98 Å². The van der Waals surface area contributed by atoms with Gasteiger partial charge in [-0.15, -0.1) is 0 Å². The molecule has 1 aromatic carbocycles. The van der Waals surface area contributed by atoms with Gasteiger partial charge in [0.15, 0.2) is 0 Å². The fraction of sp³-hybridized carbons (Fsp3) is 0.143. The summed E-state index contributed by atoms with van der Waals surface area (Å²) in [5.74, 6) is 0.372. The van der Waals surface area contributed by atoms with Crippen LogP contribution in [-0.2, 0) is 6.61 Å². The van der Waals surface area contributed by atoms with Gasteiger partial charge in [-0.3, -0.25) is 5.41 Å². The Balaban J connectivity index is 2.18. The molecule has 1 heterocycles. The van der Waals surface area contributed by atoms with Crippen molar-refractivity contribution >= 4 is 5.84 Å². The van der Waals surface area contributed by atoms with Crippen LogP contribution in [0.25, 0.3) is 0 Å². The van der Waals surface area contributed by atoms with Crippen LogP contribution in [0.3, 0.4) is 0 Å². The summed E-state index contributed by atoms with van der Waals surface area (Å²) >= 11 is 0. The zero-order valence-corrected chi connectivity index (χ0v) is 10.2. The van der Waals surface area contributed by atoms with E-state index in [1.54, 1.807) is 6.07 Å². The molecule has 0 aliphatic carbocycles. The van der Waals surface area contributed by atoms with Crippen molar-refractivity contribution in [1.29, 1.82) is 5.41 Å². The molecule has 4 heteroatoms. The van der Waals surface area contributed by atoms with E-state index in [1.807, 2.05) is 43.3 Å². The Bertz CT molecular complexity index is 552. The first-order chi connectivity index (χ1) is 8.66. The van der Waals surface area contributed by atoms with Crippen LogP contribution in [0.5, 0.6) is 5.88 Å². The number of hydrogen-bond donors (Lipinski definition) is 2. The fourth-order valence-electron chi connectivity index (χ4n) is 1.57. The molecule has 0 amide bonds. The van der Waals surface area contributed by atoms with E-state index in [4.69, 9.17) is 15.9 Å². The van der Waals surface area contributed by atoms with Gasteiger partial charge in [0.25, 0.3) is 0 Å². The molecule has 4 nitrogen and oxygen atoms in total. The van der Waals surface area contributed by atoms with E-state index in [0.29, 0.717) is 18.1 Å². The molecule has 1 aromatic heterocycles. The SMILES string of the molecule is Cc1ccc(C(=N)N)c(OCc2ccccc2)n1. The molecule has 0 saturated heterocycles. The Morgan fingerprint density at radius 2 is 1.94 bits per heavy atom. The Hall–Kier alpha value is -2.36. The maximum Gasteiger partial charge on any atom is 0.225 e. The maximum absolute atomic E-state index is 7.49. The molecule has 0 aliphatic heterocycles. The molecule has 2 rings (SSSR count). The Morgan fingerprint density at radius 1 is 1.22 bits per heavy atom. The Labute approximate surface area is 106 Å². The number of nitrogens with one attached hydrogen (secondary N) is 1. The molecule has 18 heavy (non-hydrogen) atoms. The molecule has 2 aromatic rings. The van der Waals surface area contributed by atoms with E-state index in [-0.39, 0.29) is 5.84 Å². The number of nitrogens with zero attached hydrogens (tertiary/aromatic N) is 1. The molecular weight excluding hydrogens is 226 g/mol. The van der Waals surface area contributed by atoms with Gasteiger partial charge in [-0.2, -0.15) is 0 Å². The minimum Gasteiger partial charge on any atom is -0.472 e. The summed E-state index contributed by atoms with van der Waals surface area (Å²) in [7, 11) is 0. The number of nitrogens with two attached hydrogens (primary N) is 1. The fourth-order valence-corrected chi connectivity index (χ4v) is 1.57. The van der Waals surface area contributed by atoms with Gasteiger partial charge >= 0.3 is 0 Å². The molecular formula is C14H15N3O. The third-order valence-electron chi connectivity index (χ3n) is 2.51. The molecule has 0 fully saturated rings. The van der Waals surface area contributed by atoms with Crippen LogP contribution in [0, 0.1) is 12.3 Å². The van der Waals surface area contributed by atoms with Gasteiger partial charge < -0.3 is 10.5 Å². The van der Waals surface area contributed by atoms with Gasteiger partial charge in [0.05, 0.1) is 5.56 Å². The van der Waals surface area contributed by atoms with Crippen LogP contribution in [-0.4, -0.2) is 10.8 Å². The van der Waals surface area contributed by atoms with Gasteiger partial charge in [0.2, 0.25) is 5.88 Å². The Kier molecular flexibility index (Phi) is 3.57. The molecule has 0 radical (unpaired) electrons. The number of aryl methyl sites for hydroxylation is 1. The van der Waals surface area contributed by atoms with Gasteiger partial charge in [-0.05, 0) is 24.6 Å². The summed E-state index contributed by atoms with van der Waals surface area (Å²) in [6, 6.07) is 13.4. The van der Waals surface area contributed by atoms with Crippen molar-refractivity contribution in [1.82, 2.24) is 4.98 Å². The smallest absolute Gasteiger partial charge is 0.225 e. The van der Waals surface area contributed by atoms with Crippen LogP contribution in [0.15, 0.2) is 42.5 Å². The van der Waals surface area contributed by atoms with E-state index in [0.717, 1.165) is 11.3 Å². The van der Waals surface area contributed by atoms with E-state index >= 15 is 0 Å². The average Bonchev–Trinajstić information content (AvgIpc) is 2.37. The molecule has 0 bridgehead atoms. The number of nitrogen functional groups attached to an aromatic ring is 1. The molecule has 0 atom stereocenters. The molecule has 0 unspecified atom stereocenters. The lowest BCUT2D eigenvalue weighted by Crippen LogP contribution is -2.14. The topological polar surface area (TPSA) is 72.0 Å². The standard InChI is InChI=1S/C14H15N3O/c1-10-7-8-12(13(15)16)14(17-10)18-9-11-5-3-2-4-6-11/h2-8H,9H2,1H3,(H3,15,16). The zero-order valence-electron chi connectivity index (χ0n) is 10.2. The predicted molar refractivity (Wildman–Crippen MR) is 70.8 cm³/mol. The van der Waals surface area contributed by atoms with Crippen molar-refractivity contribution < 1.29 is 4.74 Å². The second-order valence-corrected chi connectivity index (χ2v) is 3.99. The van der Waals surface area contributed by atoms with Crippen molar-refractivity contribution in [3.63, 3.8) is 0 Å². The van der Waals surface area contributed by atoms with E-state index in [9.17, 15) is 0 Å². The summed E-state index contributed by atoms with van der Waals surface area (Å²) in [6.07, 6.45) is 0. The highest BCUT2D eigenvalue weighted by Crippen LogP contribution is 2.17. The highest BCUT2D eigenvalue weighted by Gasteiger charge is 2.08. The normalized spacial score (nSPS) is 10.1. The monoisotopic (exact) mass is 241 g/mol. The summed E-state index contributed by atoms with van der Waals surface area (Å²) < 4.78 is 5.63. The number of aromatic nitrogens is 1. The number of benzene rings is 1. The highest BCUT2D eigenvalue weighted by atomic mass is 16.5. The number of hydrogen-bond acceptors (Lipinski definition) is 3. The first-order valence-corrected chi connectivity index (χ1v) is 5.65.